The predicted molar refractivity (Wildman–Crippen MR) is 180 cm³/mol. The summed E-state index contributed by atoms with van der Waals surface area (Å²) in [4.78, 5) is 13.1. The first kappa shape index (κ1) is 29.7. The molecule has 0 saturated heterocycles. The van der Waals surface area contributed by atoms with Gasteiger partial charge in [0.05, 0.1) is 17.8 Å². The second-order valence-electron chi connectivity index (χ2n) is 11.0. The second-order valence-corrected chi connectivity index (χ2v) is 11.5. The summed E-state index contributed by atoms with van der Waals surface area (Å²) in [5.41, 5.74) is 14.0. The van der Waals surface area contributed by atoms with Gasteiger partial charge < -0.3 is 20.1 Å². The maximum absolute atomic E-state index is 13.1. The van der Waals surface area contributed by atoms with Gasteiger partial charge >= 0.3 is 5.97 Å². The topological polar surface area (TPSA) is 95.3 Å². The van der Waals surface area contributed by atoms with Crippen molar-refractivity contribution in [3.8, 4) is 16.9 Å². The normalized spacial score (nSPS) is 11.5. The van der Waals surface area contributed by atoms with E-state index in [-0.39, 0.29) is 0 Å². The van der Waals surface area contributed by atoms with Crippen LogP contribution in [0.3, 0.4) is 0 Å². The fraction of sp³-hybridized carbons (Fsp3) is 0.222. The molecule has 0 saturated carbocycles. The number of rotatable bonds is 11. The Morgan fingerprint density at radius 2 is 1.66 bits per heavy atom. The van der Waals surface area contributed by atoms with Crippen LogP contribution in [0.5, 0.6) is 5.75 Å². The number of hydrogen-bond donors (Lipinski definition) is 2. The highest BCUT2D eigenvalue weighted by atomic mass is 79.9. The van der Waals surface area contributed by atoms with Crippen molar-refractivity contribution >= 4 is 43.6 Å². The number of aromatic nitrogens is 3. The molecule has 0 amide bonds. The molecule has 0 unspecified atom stereocenters. The standard InChI is InChI=1S/C36H35BrN4O3/c1-23-33(31(20-37)39-40(23)2)30-16-8-15-28-29(17-9-19-44-32-18-7-13-24-10-5-6-14-27(24)32)35(36(42)43)41(34(28)30)22-26-12-4-3-11-25(26)21-38/h3-8,10-16,18H,9,17,19-22,38H2,1-2H3,(H,42,43). The third-order valence-corrected chi connectivity index (χ3v) is 8.97. The van der Waals surface area contributed by atoms with E-state index in [0.717, 1.165) is 66.6 Å². The summed E-state index contributed by atoms with van der Waals surface area (Å²) in [5.74, 6) is -0.120. The minimum absolute atomic E-state index is 0.298. The van der Waals surface area contributed by atoms with Crippen molar-refractivity contribution in [2.24, 2.45) is 12.8 Å². The van der Waals surface area contributed by atoms with Gasteiger partial charge in [0.15, 0.2) is 0 Å². The highest BCUT2D eigenvalue weighted by Gasteiger charge is 2.27. The molecule has 0 bridgehead atoms. The Morgan fingerprint density at radius 3 is 2.43 bits per heavy atom. The maximum atomic E-state index is 13.1. The number of para-hydroxylation sites is 1. The third kappa shape index (κ3) is 5.40. The van der Waals surface area contributed by atoms with Crippen molar-refractivity contribution in [2.45, 2.75) is 38.2 Å². The van der Waals surface area contributed by atoms with Gasteiger partial charge in [0, 0.05) is 53.1 Å². The van der Waals surface area contributed by atoms with Crippen LogP contribution < -0.4 is 10.5 Å². The Kier molecular flexibility index (Phi) is 8.55. The molecular formula is C36H35BrN4O3. The van der Waals surface area contributed by atoms with Gasteiger partial charge in [-0.15, -0.1) is 0 Å². The van der Waals surface area contributed by atoms with Gasteiger partial charge in [0.1, 0.15) is 11.4 Å². The maximum Gasteiger partial charge on any atom is 0.352 e. The molecule has 2 aromatic heterocycles. The molecule has 6 aromatic rings. The lowest BCUT2D eigenvalue weighted by Crippen LogP contribution is -2.14. The Balaban J connectivity index is 1.46. The number of ether oxygens (including phenoxy) is 1. The fourth-order valence-electron chi connectivity index (χ4n) is 6.29. The number of aromatic carboxylic acids is 1. The van der Waals surface area contributed by atoms with Crippen molar-refractivity contribution < 1.29 is 14.6 Å². The monoisotopic (exact) mass is 650 g/mol. The van der Waals surface area contributed by atoms with E-state index in [1.165, 1.54) is 0 Å². The van der Waals surface area contributed by atoms with Crippen LogP contribution in [-0.4, -0.2) is 32.0 Å². The van der Waals surface area contributed by atoms with Crippen molar-refractivity contribution in [2.75, 3.05) is 6.61 Å². The molecule has 8 heteroatoms. The molecule has 4 aromatic carbocycles. The molecule has 6 rings (SSSR count). The summed E-state index contributed by atoms with van der Waals surface area (Å²) in [5, 5.41) is 19.2. The van der Waals surface area contributed by atoms with Crippen molar-refractivity contribution in [3.63, 3.8) is 0 Å². The Bertz CT molecular complexity index is 1990. The predicted octanol–water partition coefficient (Wildman–Crippen LogP) is 7.62. The SMILES string of the molecule is Cc1c(-c2cccc3c(CCCOc4cccc5ccccc45)c(C(=O)O)n(Cc4ccccc4CN)c23)c(CBr)nn1C. The smallest absolute Gasteiger partial charge is 0.352 e. The summed E-state index contributed by atoms with van der Waals surface area (Å²) in [6.07, 6.45) is 1.21. The van der Waals surface area contributed by atoms with E-state index in [1.807, 2.05) is 83.9 Å². The molecule has 2 heterocycles. The number of halogens is 1. The lowest BCUT2D eigenvalue weighted by atomic mass is 9.98. The summed E-state index contributed by atoms with van der Waals surface area (Å²) in [6.45, 7) is 3.27. The summed E-state index contributed by atoms with van der Waals surface area (Å²) >= 11 is 3.62. The van der Waals surface area contributed by atoms with Crippen LogP contribution in [0.4, 0.5) is 0 Å². The Morgan fingerprint density at radius 1 is 0.955 bits per heavy atom. The molecule has 44 heavy (non-hydrogen) atoms. The van der Waals surface area contributed by atoms with Gasteiger partial charge in [-0.05, 0) is 47.9 Å². The van der Waals surface area contributed by atoms with Gasteiger partial charge in [-0.25, -0.2) is 4.79 Å². The highest BCUT2D eigenvalue weighted by molar-refractivity contribution is 9.08. The Labute approximate surface area is 265 Å². The number of aryl methyl sites for hydroxylation is 2. The number of alkyl halides is 1. The molecule has 0 aliphatic carbocycles. The van der Waals surface area contributed by atoms with Crippen LogP contribution >= 0.6 is 15.9 Å². The van der Waals surface area contributed by atoms with E-state index in [1.54, 1.807) is 0 Å². The fourth-order valence-corrected chi connectivity index (χ4v) is 6.68. The van der Waals surface area contributed by atoms with E-state index in [4.69, 9.17) is 15.6 Å². The number of nitrogens with two attached hydrogens (primary N) is 1. The van der Waals surface area contributed by atoms with Crippen LogP contribution in [-0.2, 0) is 31.9 Å². The molecule has 224 valence electrons. The van der Waals surface area contributed by atoms with E-state index in [0.29, 0.717) is 43.6 Å². The summed E-state index contributed by atoms with van der Waals surface area (Å²) in [6, 6.07) is 28.3. The van der Waals surface area contributed by atoms with Crippen molar-refractivity contribution in [1.29, 1.82) is 0 Å². The summed E-state index contributed by atoms with van der Waals surface area (Å²) < 4.78 is 10.1. The average molecular weight is 652 g/mol. The number of fused-ring (bicyclic) bond motifs is 2. The van der Waals surface area contributed by atoms with E-state index >= 15 is 0 Å². The molecule has 0 aliphatic heterocycles. The molecule has 0 aliphatic rings. The zero-order valence-electron chi connectivity index (χ0n) is 24.9. The van der Waals surface area contributed by atoms with Crippen molar-refractivity contribution in [1.82, 2.24) is 14.3 Å². The van der Waals surface area contributed by atoms with E-state index < -0.39 is 5.97 Å². The first-order valence-corrected chi connectivity index (χ1v) is 15.9. The lowest BCUT2D eigenvalue weighted by molar-refractivity contribution is 0.0684. The molecule has 7 nitrogen and oxygen atoms in total. The molecular weight excluding hydrogens is 616 g/mol. The molecule has 0 radical (unpaired) electrons. The first-order valence-electron chi connectivity index (χ1n) is 14.8. The number of hydrogen-bond acceptors (Lipinski definition) is 4. The number of carboxylic acids is 1. The minimum Gasteiger partial charge on any atom is -0.493 e. The van der Waals surface area contributed by atoms with Gasteiger partial charge in [-0.3, -0.25) is 4.68 Å². The number of carbonyl (C=O) groups is 1. The van der Waals surface area contributed by atoms with Gasteiger partial charge in [-0.1, -0.05) is 94.8 Å². The third-order valence-electron chi connectivity index (χ3n) is 8.44. The number of benzene rings is 4. The van der Waals surface area contributed by atoms with Crippen LogP contribution in [0.1, 0.15) is 45.0 Å². The van der Waals surface area contributed by atoms with E-state index in [2.05, 4.69) is 40.2 Å². The van der Waals surface area contributed by atoms with Crippen LogP contribution in [0, 0.1) is 6.92 Å². The Hall–Kier alpha value is -4.40. The summed E-state index contributed by atoms with van der Waals surface area (Å²) in [7, 11) is 1.94. The highest BCUT2D eigenvalue weighted by Crippen LogP contribution is 2.39. The molecule has 0 fully saturated rings. The van der Waals surface area contributed by atoms with Crippen LogP contribution in [0.25, 0.3) is 32.8 Å². The van der Waals surface area contributed by atoms with Crippen LogP contribution in [0.15, 0.2) is 84.9 Å². The number of nitrogens with zero attached hydrogens (tertiary/aromatic N) is 3. The number of carboxylic acid groups (broad SMARTS) is 1. The molecule has 0 atom stereocenters. The van der Waals surface area contributed by atoms with Crippen LogP contribution in [0.2, 0.25) is 0 Å². The zero-order valence-corrected chi connectivity index (χ0v) is 26.5. The first-order chi connectivity index (χ1) is 21.4. The van der Waals surface area contributed by atoms with Gasteiger partial charge in [0.25, 0.3) is 0 Å². The second kappa shape index (κ2) is 12.7. The largest absolute Gasteiger partial charge is 0.493 e. The van der Waals surface area contributed by atoms with E-state index in [9.17, 15) is 9.90 Å². The zero-order chi connectivity index (χ0) is 30.8. The lowest BCUT2D eigenvalue weighted by Gasteiger charge is -2.15. The van der Waals surface area contributed by atoms with Gasteiger partial charge in [0.2, 0.25) is 0 Å². The quantitative estimate of drug-likeness (QED) is 0.111. The van der Waals surface area contributed by atoms with Crippen molar-refractivity contribution in [3.05, 3.63) is 119 Å². The molecule has 0 spiro atoms. The van der Waals surface area contributed by atoms with Gasteiger partial charge in [-0.2, -0.15) is 5.10 Å². The average Bonchev–Trinajstić information content (AvgIpc) is 3.52. The minimum atomic E-state index is -0.953. The molecule has 3 N–H and O–H groups in total.